The second-order valence-electron chi connectivity index (χ2n) is 4.42. The third-order valence-electron chi connectivity index (χ3n) is 2.96. The Bertz CT molecular complexity index is 658. The number of benzene rings is 2. The van der Waals surface area contributed by atoms with Gasteiger partial charge in [0.1, 0.15) is 5.82 Å². The zero-order chi connectivity index (χ0) is 14.7. The average Bonchev–Trinajstić information content (AvgIpc) is 2.38. The van der Waals surface area contributed by atoms with Gasteiger partial charge in [-0.25, -0.2) is 9.18 Å². The predicted octanol–water partition coefficient (Wildman–Crippen LogP) is 4.10. The molecule has 2 aromatic carbocycles. The van der Waals surface area contributed by atoms with E-state index in [1.807, 2.05) is 6.92 Å². The first-order valence-electron chi connectivity index (χ1n) is 5.99. The number of hydrogen-bond donors (Lipinski definition) is 2. The summed E-state index contributed by atoms with van der Waals surface area (Å²) in [4.78, 5) is 10.8. The molecule has 0 aliphatic rings. The van der Waals surface area contributed by atoms with Crippen LogP contribution in [0.4, 0.5) is 10.1 Å². The van der Waals surface area contributed by atoms with Crippen molar-refractivity contribution in [3.05, 3.63) is 63.9 Å². The van der Waals surface area contributed by atoms with Crippen LogP contribution < -0.4 is 5.32 Å². The van der Waals surface area contributed by atoms with Crippen LogP contribution in [0.1, 0.15) is 21.5 Å². The van der Waals surface area contributed by atoms with Gasteiger partial charge in [-0.1, -0.05) is 17.7 Å². The molecule has 0 fully saturated rings. The number of carboxylic acids is 1. The van der Waals surface area contributed by atoms with E-state index in [2.05, 4.69) is 5.32 Å². The Hall–Kier alpha value is -2.07. The van der Waals surface area contributed by atoms with Gasteiger partial charge in [0.15, 0.2) is 0 Å². The Balaban J connectivity index is 2.13. The monoisotopic (exact) mass is 293 g/mol. The van der Waals surface area contributed by atoms with Gasteiger partial charge < -0.3 is 10.4 Å². The molecular formula is C15H13ClFNO2. The van der Waals surface area contributed by atoms with E-state index in [0.29, 0.717) is 11.6 Å². The number of rotatable bonds is 4. The average molecular weight is 294 g/mol. The lowest BCUT2D eigenvalue weighted by Crippen LogP contribution is -2.03. The predicted molar refractivity (Wildman–Crippen MR) is 76.9 cm³/mol. The van der Waals surface area contributed by atoms with E-state index >= 15 is 0 Å². The fraction of sp³-hybridized carbons (Fsp3) is 0.133. The minimum atomic E-state index is -0.957. The van der Waals surface area contributed by atoms with Crippen LogP contribution in [0.3, 0.4) is 0 Å². The van der Waals surface area contributed by atoms with Crippen LogP contribution in [0.15, 0.2) is 36.4 Å². The third kappa shape index (κ3) is 3.27. The largest absolute Gasteiger partial charge is 0.478 e. The van der Waals surface area contributed by atoms with Crippen molar-refractivity contribution in [1.29, 1.82) is 0 Å². The fourth-order valence-electron chi connectivity index (χ4n) is 1.85. The number of hydrogen-bond acceptors (Lipinski definition) is 2. The molecular weight excluding hydrogens is 281 g/mol. The summed E-state index contributed by atoms with van der Waals surface area (Å²) in [7, 11) is 0. The third-order valence-corrected chi connectivity index (χ3v) is 3.31. The van der Waals surface area contributed by atoms with E-state index in [9.17, 15) is 9.18 Å². The number of aromatic carboxylic acids is 1. The maximum atomic E-state index is 12.9. The van der Waals surface area contributed by atoms with Crippen molar-refractivity contribution < 1.29 is 14.3 Å². The van der Waals surface area contributed by atoms with Crippen molar-refractivity contribution in [1.82, 2.24) is 0 Å². The van der Waals surface area contributed by atoms with Crippen LogP contribution in [0.5, 0.6) is 0 Å². The molecule has 0 atom stereocenters. The van der Waals surface area contributed by atoms with E-state index < -0.39 is 5.97 Å². The van der Waals surface area contributed by atoms with Crippen molar-refractivity contribution >= 4 is 23.3 Å². The van der Waals surface area contributed by atoms with Crippen LogP contribution in [0.25, 0.3) is 0 Å². The van der Waals surface area contributed by atoms with Crippen LogP contribution in [0, 0.1) is 12.7 Å². The summed E-state index contributed by atoms with van der Waals surface area (Å²) in [5, 5.41) is 12.4. The summed E-state index contributed by atoms with van der Waals surface area (Å²) in [6.07, 6.45) is 0. The molecule has 0 bridgehead atoms. The first kappa shape index (κ1) is 14.3. The highest BCUT2D eigenvalue weighted by Crippen LogP contribution is 2.21. The van der Waals surface area contributed by atoms with Gasteiger partial charge in [0, 0.05) is 17.3 Å². The summed E-state index contributed by atoms with van der Waals surface area (Å²) < 4.78 is 12.9. The molecule has 2 rings (SSSR count). The van der Waals surface area contributed by atoms with Crippen LogP contribution >= 0.6 is 11.6 Å². The highest BCUT2D eigenvalue weighted by Gasteiger charge is 2.06. The van der Waals surface area contributed by atoms with Gasteiger partial charge in [-0.05, 0) is 48.4 Å². The van der Waals surface area contributed by atoms with Gasteiger partial charge in [-0.2, -0.15) is 0 Å². The first-order valence-corrected chi connectivity index (χ1v) is 6.37. The van der Waals surface area contributed by atoms with Crippen molar-refractivity contribution in [2.75, 3.05) is 5.32 Å². The molecule has 2 aromatic rings. The Morgan fingerprint density at radius 3 is 2.65 bits per heavy atom. The molecule has 0 aliphatic carbocycles. The topological polar surface area (TPSA) is 49.3 Å². The van der Waals surface area contributed by atoms with E-state index in [1.54, 1.807) is 18.2 Å². The highest BCUT2D eigenvalue weighted by atomic mass is 35.5. The van der Waals surface area contributed by atoms with Crippen LogP contribution in [-0.2, 0) is 6.54 Å². The van der Waals surface area contributed by atoms with Gasteiger partial charge in [0.2, 0.25) is 0 Å². The Morgan fingerprint density at radius 1 is 1.30 bits per heavy atom. The highest BCUT2D eigenvalue weighted by molar-refractivity contribution is 6.31. The lowest BCUT2D eigenvalue weighted by molar-refractivity contribution is 0.0697. The number of halogens is 2. The number of carboxylic acid groups (broad SMARTS) is 1. The minimum Gasteiger partial charge on any atom is -0.478 e. The molecule has 2 N–H and O–H groups in total. The molecule has 5 heteroatoms. The van der Waals surface area contributed by atoms with E-state index in [1.165, 1.54) is 18.2 Å². The SMILES string of the molecule is Cc1cc(C(=O)O)ccc1NCc1ccc(F)cc1Cl. The van der Waals surface area contributed by atoms with E-state index in [4.69, 9.17) is 16.7 Å². The summed E-state index contributed by atoms with van der Waals surface area (Å²) in [6.45, 7) is 2.26. The lowest BCUT2D eigenvalue weighted by Gasteiger charge is -2.11. The van der Waals surface area contributed by atoms with Crippen molar-refractivity contribution in [3.8, 4) is 0 Å². The van der Waals surface area contributed by atoms with E-state index in [0.717, 1.165) is 16.8 Å². The number of aryl methyl sites for hydroxylation is 1. The lowest BCUT2D eigenvalue weighted by atomic mass is 10.1. The van der Waals surface area contributed by atoms with Crippen molar-refractivity contribution in [3.63, 3.8) is 0 Å². The number of nitrogens with one attached hydrogen (secondary N) is 1. The van der Waals surface area contributed by atoms with Gasteiger partial charge >= 0.3 is 5.97 Å². The number of carbonyl (C=O) groups is 1. The summed E-state index contributed by atoms with van der Waals surface area (Å²) >= 11 is 5.94. The van der Waals surface area contributed by atoms with Gasteiger partial charge in [0.05, 0.1) is 5.56 Å². The van der Waals surface area contributed by atoms with Gasteiger partial charge in [-0.15, -0.1) is 0 Å². The normalized spacial score (nSPS) is 10.3. The maximum absolute atomic E-state index is 12.9. The van der Waals surface area contributed by atoms with Gasteiger partial charge in [0.25, 0.3) is 0 Å². The molecule has 0 aromatic heterocycles. The molecule has 0 aliphatic heterocycles. The quantitative estimate of drug-likeness (QED) is 0.892. The number of anilines is 1. The summed E-state index contributed by atoms with van der Waals surface area (Å²) in [5.41, 5.74) is 2.65. The summed E-state index contributed by atoms with van der Waals surface area (Å²) in [6, 6.07) is 9.06. The minimum absolute atomic E-state index is 0.243. The van der Waals surface area contributed by atoms with Gasteiger partial charge in [-0.3, -0.25) is 0 Å². The molecule has 0 radical (unpaired) electrons. The molecule has 0 saturated carbocycles. The summed E-state index contributed by atoms with van der Waals surface area (Å²) in [5.74, 6) is -1.33. The molecule has 0 unspecified atom stereocenters. The fourth-order valence-corrected chi connectivity index (χ4v) is 2.08. The second-order valence-corrected chi connectivity index (χ2v) is 4.83. The molecule has 0 heterocycles. The maximum Gasteiger partial charge on any atom is 0.335 e. The molecule has 0 spiro atoms. The Kier molecular flexibility index (Phi) is 4.25. The zero-order valence-corrected chi connectivity index (χ0v) is 11.5. The first-order chi connectivity index (χ1) is 9.47. The molecule has 0 saturated heterocycles. The molecule has 3 nitrogen and oxygen atoms in total. The van der Waals surface area contributed by atoms with Crippen LogP contribution in [-0.4, -0.2) is 11.1 Å². The molecule has 20 heavy (non-hydrogen) atoms. The smallest absolute Gasteiger partial charge is 0.335 e. The standard InChI is InChI=1S/C15H13ClFNO2/c1-9-6-10(15(19)20)3-5-14(9)18-8-11-2-4-12(17)7-13(11)16/h2-7,18H,8H2,1H3,(H,19,20). The van der Waals surface area contributed by atoms with Crippen LogP contribution in [0.2, 0.25) is 5.02 Å². The molecule has 0 amide bonds. The second kappa shape index (κ2) is 5.92. The Labute approximate surface area is 121 Å². The van der Waals surface area contributed by atoms with Crippen molar-refractivity contribution in [2.45, 2.75) is 13.5 Å². The molecule has 104 valence electrons. The zero-order valence-electron chi connectivity index (χ0n) is 10.8. The Morgan fingerprint density at radius 2 is 2.05 bits per heavy atom. The van der Waals surface area contributed by atoms with Crippen molar-refractivity contribution in [2.24, 2.45) is 0 Å². The van der Waals surface area contributed by atoms with E-state index in [-0.39, 0.29) is 11.4 Å².